The maximum absolute atomic E-state index is 11.4. The van der Waals surface area contributed by atoms with Crippen molar-refractivity contribution in [1.82, 2.24) is 15.0 Å². The lowest BCUT2D eigenvalue weighted by Gasteiger charge is -2.42. The number of aromatic nitrogens is 3. The molecule has 0 spiro atoms. The molecule has 9 heteroatoms. The lowest BCUT2D eigenvalue weighted by atomic mass is 10.1. The van der Waals surface area contributed by atoms with E-state index in [2.05, 4.69) is 42.1 Å². The molecule has 34 heavy (non-hydrogen) atoms. The van der Waals surface area contributed by atoms with Crippen LogP contribution in [0.15, 0.2) is 18.2 Å². The zero-order valence-electron chi connectivity index (χ0n) is 20.6. The number of aromatic amines is 1. The Morgan fingerprint density at radius 3 is 2.79 bits per heavy atom. The molecule has 1 fully saturated rings. The number of nitrogens with zero attached hydrogens (tertiary/aromatic N) is 4. The van der Waals surface area contributed by atoms with Gasteiger partial charge in [0.2, 0.25) is 0 Å². The molecule has 3 N–H and O–H groups in total. The van der Waals surface area contributed by atoms with E-state index in [0.717, 1.165) is 84.2 Å². The number of likely N-dealkylation sites (N-methyl/N-ethyl adjacent to an activating group) is 1. The van der Waals surface area contributed by atoms with E-state index < -0.39 is 0 Å². The number of carbonyl (C=O) groups is 1. The lowest BCUT2D eigenvalue weighted by Crippen LogP contribution is -2.58. The Hall–Kier alpha value is -2.36. The Kier molecular flexibility index (Phi) is 7.95. The van der Waals surface area contributed by atoms with Crippen LogP contribution in [0, 0.1) is 0 Å². The second kappa shape index (κ2) is 10.9. The molecule has 4 rings (SSSR count). The lowest BCUT2D eigenvalue weighted by molar-refractivity contribution is -0.910. The van der Waals surface area contributed by atoms with Crippen molar-refractivity contribution in [2.75, 3.05) is 69.9 Å². The van der Waals surface area contributed by atoms with E-state index in [0.29, 0.717) is 25.5 Å². The number of aryl methyl sites for hydroxylation is 1. The number of fused-ring (bicyclic) bond motifs is 3. The molecule has 184 valence electrons. The Morgan fingerprint density at radius 2 is 2.06 bits per heavy atom. The summed E-state index contributed by atoms with van der Waals surface area (Å²) in [5.74, 6) is 1.49. The van der Waals surface area contributed by atoms with E-state index in [1.807, 2.05) is 6.26 Å². The number of nitrogens with two attached hydrogens (primary N) is 1. The summed E-state index contributed by atoms with van der Waals surface area (Å²) in [6.07, 6.45) is 5.47. The molecule has 2 aromatic heterocycles. The normalized spacial score (nSPS) is 15.9. The minimum Gasteiger partial charge on any atom is -0.382 e. The zero-order valence-corrected chi connectivity index (χ0v) is 21.4. The van der Waals surface area contributed by atoms with Crippen molar-refractivity contribution in [2.24, 2.45) is 0 Å². The Bertz CT molecular complexity index is 1140. The number of quaternary nitrogens is 1. The molecule has 3 aromatic rings. The minimum atomic E-state index is 0.186. The molecule has 1 saturated heterocycles. The third kappa shape index (κ3) is 5.64. The van der Waals surface area contributed by atoms with Gasteiger partial charge in [0.25, 0.3) is 0 Å². The second-order valence-electron chi connectivity index (χ2n) is 9.43. The van der Waals surface area contributed by atoms with Gasteiger partial charge < -0.3 is 24.8 Å². The molecule has 1 aliphatic heterocycles. The average molecular weight is 486 g/mol. The molecule has 3 heterocycles. The van der Waals surface area contributed by atoms with Gasteiger partial charge in [-0.15, -0.1) is 0 Å². The number of thioether (sulfide) groups is 1. The highest BCUT2D eigenvalue weighted by Gasteiger charge is 2.28. The fourth-order valence-corrected chi connectivity index (χ4v) is 4.82. The number of anilines is 2. The zero-order chi connectivity index (χ0) is 24.1. The van der Waals surface area contributed by atoms with Gasteiger partial charge >= 0.3 is 0 Å². The van der Waals surface area contributed by atoms with Crippen molar-refractivity contribution in [3.63, 3.8) is 0 Å². The van der Waals surface area contributed by atoms with Gasteiger partial charge in [-0.3, -0.25) is 4.79 Å². The van der Waals surface area contributed by atoms with Crippen LogP contribution >= 0.6 is 11.8 Å². The molecule has 0 atom stereocenters. The number of benzene rings is 1. The molecular weight excluding hydrogens is 448 g/mol. The third-order valence-electron chi connectivity index (χ3n) is 6.89. The number of nitrogen functional groups attached to an aromatic ring is 1. The van der Waals surface area contributed by atoms with Crippen LogP contribution in [0.5, 0.6) is 0 Å². The minimum absolute atomic E-state index is 0.186. The van der Waals surface area contributed by atoms with Gasteiger partial charge in [-0.25, -0.2) is 9.97 Å². The van der Waals surface area contributed by atoms with E-state index >= 15 is 0 Å². The first-order valence-electron chi connectivity index (χ1n) is 12.2. The Balaban J connectivity index is 1.39. The van der Waals surface area contributed by atoms with Gasteiger partial charge in [0.15, 0.2) is 5.12 Å². The van der Waals surface area contributed by atoms with Crippen LogP contribution in [0.25, 0.3) is 21.9 Å². The van der Waals surface area contributed by atoms with Crippen LogP contribution in [-0.2, 0) is 16.0 Å². The van der Waals surface area contributed by atoms with Gasteiger partial charge in [-0.2, -0.15) is 0 Å². The largest absolute Gasteiger partial charge is 0.382 e. The van der Waals surface area contributed by atoms with Crippen molar-refractivity contribution in [2.45, 2.75) is 32.6 Å². The van der Waals surface area contributed by atoms with Crippen molar-refractivity contribution in [3.05, 3.63) is 24.0 Å². The summed E-state index contributed by atoms with van der Waals surface area (Å²) in [5.41, 5.74) is 10.1. The van der Waals surface area contributed by atoms with Gasteiger partial charge in [-0.1, -0.05) is 25.1 Å². The van der Waals surface area contributed by atoms with Crippen LogP contribution in [0.2, 0.25) is 0 Å². The fraction of sp³-hybridized carbons (Fsp3) is 0.560. The van der Waals surface area contributed by atoms with Crippen LogP contribution in [0.1, 0.15) is 32.0 Å². The van der Waals surface area contributed by atoms with Crippen molar-refractivity contribution < 1.29 is 14.0 Å². The summed E-state index contributed by atoms with van der Waals surface area (Å²) in [6, 6.07) is 6.46. The highest BCUT2D eigenvalue weighted by atomic mass is 32.2. The SMILES string of the molecule is CCCCc1nc2c([nH]1)c(N)nc1cc(N3CC[N+](C)(CCOCCC(=O)SC)CC3)ccc12. The van der Waals surface area contributed by atoms with E-state index in [-0.39, 0.29) is 5.12 Å². The van der Waals surface area contributed by atoms with Crippen LogP contribution in [0.3, 0.4) is 0 Å². The van der Waals surface area contributed by atoms with Crippen LogP contribution in [0.4, 0.5) is 11.5 Å². The molecule has 1 aliphatic rings. The maximum Gasteiger partial charge on any atom is 0.190 e. The molecular formula is C25H37N6O2S+. The Labute approximate surface area is 205 Å². The van der Waals surface area contributed by atoms with Gasteiger partial charge in [0, 0.05) is 23.9 Å². The second-order valence-corrected chi connectivity index (χ2v) is 10.3. The highest BCUT2D eigenvalue weighted by molar-refractivity contribution is 8.13. The molecule has 0 bridgehead atoms. The number of piperazine rings is 1. The van der Waals surface area contributed by atoms with E-state index in [9.17, 15) is 4.79 Å². The molecule has 0 aliphatic carbocycles. The molecule has 1 aromatic carbocycles. The summed E-state index contributed by atoms with van der Waals surface area (Å²) in [5, 5.41) is 1.23. The van der Waals surface area contributed by atoms with Crippen molar-refractivity contribution in [3.8, 4) is 0 Å². The number of unbranched alkanes of at least 4 members (excludes halogenated alkanes) is 1. The summed E-state index contributed by atoms with van der Waals surface area (Å²) in [6.45, 7) is 8.43. The van der Waals surface area contributed by atoms with Gasteiger partial charge in [0.05, 0.1) is 52.0 Å². The first-order valence-corrected chi connectivity index (χ1v) is 13.5. The number of H-pyrrole nitrogens is 1. The predicted octanol–water partition coefficient (Wildman–Crippen LogP) is 3.60. The molecule has 0 saturated carbocycles. The van der Waals surface area contributed by atoms with E-state index in [1.54, 1.807) is 0 Å². The molecule has 0 unspecified atom stereocenters. The van der Waals surface area contributed by atoms with Crippen molar-refractivity contribution in [1.29, 1.82) is 0 Å². The Morgan fingerprint density at radius 1 is 1.26 bits per heavy atom. The number of hydrogen-bond acceptors (Lipinski definition) is 7. The summed E-state index contributed by atoms with van der Waals surface area (Å²) < 4.78 is 6.70. The number of carbonyl (C=O) groups excluding carboxylic acids is 1. The summed E-state index contributed by atoms with van der Waals surface area (Å²) in [4.78, 5) is 26.7. The monoisotopic (exact) mass is 485 g/mol. The van der Waals surface area contributed by atoms with Gasteiger partial charge in [-0.05, 0) is 30.9 Å². The molecule has 0 amide bonds. The fourth-order valence-electron chi connectivity index (χ4n) is 4.53. The molecule has 8 nitrogen and oxygen atoms in total. The van der Waals surface area contributed by atoms with Crippen LogP contribution < -0.4 is 10.6 Å². The smallest absolute Gasteiger partial charge is 0.190 e. The number of nitrogens with one attached hydrogen (secondary N) is 1. The summed E-state index contributed by atoms with van der Waals surface area (Å²) in [7, 11) is 2.29. The third-order valence-corrected chi connectivity index (χ3v) is 7.55. The maximum atomic E-state index is 11.4. The van der Waals surface area contributed by atoms with Gasteiger partial charge in [0.1, 0.15) is 29.2 Å². The number of ether oxygens (including phenoxy) is 1. The van der Waals surface area contributed by atoms with Crippen LogP contribution in [-0.4, -0.2) is 83.8 Å². The first kappa shape index (κ1) is 24.8. The predicted molar refractivity (Wildman–Crippen MR) is 141 cm³/mol. The van der Waals surface area contributed by atoms with Crippen molar-refractivity contribution >= 4 is 50.3 Å². The highest BCUT2D eigenvalue weighted by Crippen LogP contribution is 2.30. The molecule has 0 radical (unpaired) electrons. The number of imidazole rings is 1. The topological polar surface area (TPSA) is 97.1 Å². The number of pyridine rings is 1. The standard InChI is InChI=1S/C25H37N6O2S/c1-4-5-6-21-28-23-19-8-7-18(17-20(19)27-25(26)24(23)29-21)30-10-12-31(2,13-11-30)14-16-33-15-9-22(32)34-3/h7-8,17H,4-6,9-16H2,1-3H3,(H2,26,27)(H,28,29)/q+1. The average Bonchev–Trinajstić information content (AvgIpc) is 3.27. The number of rotatable bonds is 10. The van der Waals surface area contributed by atoms with E-state index in [4.69, 9.17) is 20.4 Å². The number of hydrogen-bond donors (Lipinski definition) is 2. The van der Waals surface area contributed by atoms with E-state index in [1.165, 1.54) is 17.4 Å². The summed E-state index contributed by atoms with van der Waals surface area (Å²) >= 11 is 1.27. The quantitative estimate of drug-likeness (QED) is 0.334. The first-order chi connectivity index (χ1) is 16.4.